The number of hydrogen-bond acceptors (Lipinski definition) is 3. The Morgan fingerprint density at radius 1 is 1.29 bits per heavy atom. The molecular formula is C14H27NO2. The minimum Gasteiger partial charge on any atom is -0.460 e. The minimum atomic E-state index is -0.351. The summed E-state index contributed by atoms with van der Waals surface area (Å²) in [6.07, 6.45) is 4.42. The van der Waals surface area contributed by atoms with Gasteiger partial charge in [0.25, 0.3) is 0 Å². The predicted octanol–water partition coefficient (Wildman–Crippen LogP) is 2.84. The van der Waals surface area contributed by atoms with Crippen molar-refractivity contribution < 1.29 is 9.53 Å². The first-order valence-electron chi connectivity index (χ1n) is 6.87. The fourth-order valence-electron chi connectivity index (χ4n) is 2.16. The summed E-state index contributed by atoms with van der Waals surface area (Å²) < 4.78 is 5.44. The molecule has 3 heteroatoms. The summed E-state index contributed by atoms with van der Waals surface area (Å²) >= 11 is 0. The van der Waals surface area contributed by atoms with Gasteiger partial charge in [-0.25, -0.2) is 0 Å². The largest absolute Gasteiger partial charge is 0.460 e. The highest BCUT2D eigenvalue weighted by Crippen LogP contribution is 2.21. The number of unbranched alkanes of at least 4 members (excludes halogenated alkanes) is 1. The van der Waals surface area contributed by atoms with E-state index < -0.39 is 0 Å². The van der Waals surface area contributed by atoms with Crippen LogP contribution in [0.2, 0.25) is 0 Å². The van der Waals surface area contributed by atoms with Gasteiger partial charge in [0.2, 0.25) is 0 Å². The maximum Gasteiger partial charge on any atom is 0.309 e. The smallest absolute Gasteiger partial charge is 0.309 e. The summed E-state index contributed by atoms with van der Waals surface area (Å²) in [5.41, 5.74) is -0.351. The molecule has 0 atom stereocenters. The molecule has 3 nitrogen and oxygen atoms in total. The third-order valence-electron chi connectivity index (χ3n) is 3.16. The summed E-state index contributed by atoms with van der Waals surface area (Å²) in [6, 6.07) is 0. The van der Waals surface area contributed by atoms with Gasteiger partial charge in [-0.05, 0) is 59.7 Å². The van der Waals surface area contributed by atoms with Gasteiger partial charge in [0.15, 0.2) is 0 Å². The second kappa shape index (κ2) is 6.39. The van der Waals surface area contributed by atoms with E-state index in [-0.39, 0.29) is 17.5 Å². The highest BCUT2D eigenvalue weighted by Gasteiger charge is 2.28. The molecule has 1 heterocycles. The van der Waals surface area contributed by atoms with Crippen molar-refractivity contribution >= 4 is 5.97 Å². The fourth-order valence-corrected chi connectivity index (χ4v) is 2.16. The van der Waals surface area contributed by atoms with Crippen molar-refractivity contribution in [2.24, 2.45) is 5.92 Å². The molecule has 1 aliphatic heterocycles. The molecule has 0 aliphatic carbocycles. The number of carbonyl (C=O) groups is 1. The van der Waals surface area contributed by atoms with Crippen molar-refractivity contribution in [3.8, 4) is 0 Å². The molecule has 0 aromatic heterocycles. The lowest BCUT2D eigenvalue weighted by Crippen LogP contribution is -2.39. The molecule has 0 bridgehead atoms. The number of esters is 1. The van der Waals surface area contributed by atoms with Crippen molar-refractivity contribution in [3.05, 3.63) is 0 Å². The number of rotatable bonds is 4. The number of likely N-dealkylation sites (tertiary alicyclic amines) is 1. The molecule has 0 spiro atoms. The van der Waals surface area contributed by atoms with Gasteiger partial charge in [-0.15, -0.1) is 0 Å². The summed E-state index contributed by atoms with van der Waals surface area (Å²) in [6.45, 7) is 11.3. The van der Waals surface area contributed by atoms with Gasteiger partial charge in [-0.1, -0.05) is 13.3 Å². The zero-order valence-electron chi connectivity index (χ0n) is 11.8. The van der Waals surface area contributed by atoms with E-state index in [1.807, 2.05) is 20.8 Å². The van der Waals surface area contributed by atoms with Crippen molar-refractivity contribution in [2.75, 3.05) is 19.6 Å². The zero-order valence-corrected chi connectivity index (χ0v) is 11.8. The molecule has 1 saturated heterocycles. The Morgan fingerprint density at radius 2 is 1.88 bits per heavy atom. The van der Waals surface area contributed by atoms with E-state index in [9.17, 15) is 4.79 Å². The van der Waals surface area contributed by atoms with Crippen LogP contribution in [0, 0.1) is 5.92 Å². The fraction of sp³-hybridized carbons (Fsp3) is 0.929. The Balaban J connectivity index is 2.29. The average molecular weight is 241 g/mol. The second-order valence-electron chi connectivity index (χ2n) is 6.00. The van der Waals surface area contributed by atoms with Crippen LogP contribution in [0.4, 0.5) is 0 Å². The molecular weight excluding hydrogens is 214 g/mol. The Labute approximate surface area is 106 Å². The highest BCUT2D eigenvalue weighted by atomic mass is 16.6. The van der Waals surface area contributed by atoms with Crippen LogP contribution in [0.1, 0.15) is 53.4 Å². The van der Waals surface area contributed by atoms with E-state index >= 15 is 0 Å². The first kappa shape index (κ1) is 14.5. The third kappa shape index (κ3) is 5.53. The molecule has 1 aliphatic rings. The Bertz CT molecular complexity index is 237. The van der Waals surface area contributed by atoms with Crippen molar-refractivity contribution in [2.45, 2.75) is 59.0 Å². The highest BCUT2D eigenvalue weighted by molar-refractivity contribution is 5.73. The number of hydrogen-bond donors (Lipinski definition) is 0. The van der Waals surface area contributed by atoms with E-state index in [2.05, 4.69) is 11.8 Å². The predicted molar refractivity (Wildman–Crippen MR) is 69.9 cm³/mol. The molecule has 1 rings (SSSR count). The molecule has 17 heavy (non-hydrogen) atoms. The standard InChI is InChI=1S/C14H27NO2/c1-5-6-9-15-10-7-12(8-11-15)13(16)17-14(2,3)4/h12H,5-11H2,1-4H3. The van der Waals surface area contributed by atoms with Crippen LogP contribution in [0.3, 0.4) is 0 Å². The molecule has 1 fully saturated rings. The van der Waals surface area contributed by atoms with Crippen LogP contribution in [0.25, 0.3) is 0 Å². The van der Waals surface area contributed by atoms with Crippen LogP contribution < -0.4 is 0 Å². The molecule has 0 amide bonds. The SMILES string of the molecule is CCCCN1CCC(C(=O)OC(C)(C)C)CC1. The average Bonchev–Trinajstić information content (AvgIpc) is 2.24. The summed E-state index contributed by atoms with van der Waals surface area (Å²) in [5, 5.41) is 0. The number of piperidine rings is 1. The van der Waals surface area contributed by atoms with Crippen molar-refractivity contribution in [1.29, 1.82) is 0 Å². The van der Waals surface area contributed by atoms with Crippen LogP contribution in [-0.2, 0) is 9.53 Å². The summed E-state index contributed by atoms with van der Waals surface area (Å²) in [4.78, 5) is 14.4. The van der Waals surface area contributed by atoms with Gasteiger partial charge in [0, 0.05) is 0 Å². The van der Waals surface area contributed by atoms with Crippen LogP contribution in [0.15, 0.2) is 0 Å². The Kier molecular flexibility index (Phi) is 5.44. The van der Waals surface area contributed by atoms with Crippen LogP contribution >= 0.6 is 0 Å². The zero-order chi connectivity index (χ0) is 12.9. The molecule has 0 unspecified atom stereocenters. The van der Waals surface area contributed by atoms with E-state index in [0.29, 0.717) is 0 Å². The Hall–Kier alpha value is -0.570. The molecule has 0 saturated carbocycles. The maximum absolute atomic E-state index is 11.9. The molecule has 0 aromatic rings. The van der Waals surface area contributed by atoms with Crippen LogP contribution in [-0.4, -0.2) is 36.1 Å². The number of ether oxygens (including phenoxy) is 1. The molecule has 0 radical (unpaired) electrons. The van der Waals surface area contributed by atoms with Crippen LogP contribution in [0.5, 0.6) is 0 Å². The van der Waals surface area contributed by atoms with Crippen molar-refractivity contribution in [1.82, 2.24) is 4.90 Å². The number of nitrogens with zero attached hydrogens (tertiary/aromatic N) is 1. The second-order valence-corrected chi connectivity index (χ2v) is 6.00. The summed E-state index contributed by atoms with van der Waals surface area (Å²) in [7, 11) is 0. The maximum atomic E-state index is 11.9. The van der Waals surface area contributed by atoms with Gasteiger partial charge in [0.1, 0.15) is 5.60 Å². The van der Waals surface area contributed by atoms with Crippen molar-refractivity contribution in [3.63, 3.8) is 0 Å². The lowest BCUT2D eigenvalue weighted by molar-refractivity contribution is -0.161. The topological polar surface area (TPSA) is 29.5 Å². The van der Waals surface area contributed by atoms with Gasteiger partial charge in [-0.2, -0.15) is 0 Å². The lowest BCUT2D eigenvalue weighted by Gasteiger charge is -2.32. The van der Waals surface area contributed by atoms with E-state index in [0.717, 1.165) is 25.9 Å². The number of carbonyl (C=O) groups excluding carboxylic acids is 1. The third-order valence-corrected chi connectivity index (χ3v) is 3.16. The molecule has 100 valence electrons. The molecule has 0 aromatic carbocycles. The first-order chi connectivity index (χ1) is 7.92. The van der Waals surface area contributed by atoms with Gasteiger partial charge in [-0.3, -0.25) is 4.79 Å². The quantitative estimate of drug-likeness (QED) is 0.709. The molecule has 0 N–H and O–H groups in total. The lowest BCUT2D eigenvalue weighted by atomic mass is 9.96. The van der Waals surface area contributed by atoms with E-state index in [4.69, 9.17) is 4.74 Å². The van der Waals surface area contributed by atoms with E-state index in [1.165, 1.54) is 19.4 Å². The van der Waals surface area contributed by atoms with Gasteiger partial charge in [0.05, 0.1) is 5.92 Å². The minimum absolute atomic E-state index is 0.00681. The monoisotopic (exact) mass is 241 g/mol. The van der Waals surface area contributed by atoms with Gasteiger partial charge < -0.3 is 9.64 Å². The Morgan fingerprint density at radius 3 is 2.35 bits per heavy atom. The van der Waals surface area contributed by atoms with E-state index in [1.54, 1.807) is 0 Å². The first-order valence-corrected chi connectivity index (χ1v) is 6.87. The summed E-state index contributed by atoms with van der Waals surface area (Å²) in [5.74, 6) is 0.111. The van der Waals surface area contributed by atoms with Gasteiger partial charge >= 0.3 is 5.97 Å². The normalized spacial score (nSPS) is 19.3.